The lowest BCUT2D eigenvalue weighted by Gasteiger charge is -2.05. The van der Waals surface area contributed by atoms with E-state index in [0.29, 0.717) is 0 Å². The first-order valence-electron chi connectivity index (χ1n) is 11.3. The molecular formula is C26H34N4+2. The predicted octanol–water partition coefficient (Wildman–Crippen LogP) is 4.71. The van der Waals surface area contributed by atoms with E-state index in [-0.39, 0.29) is 0 Å². The van der Waals surface area contributed by atoms with Gasteiger partial charge in [0.1, 0.15) is 37.9 Å². The molecule has 0 saturated heterocycles. The number of hydrogen-bond acceptors (Lipinski definition) is 0. The van der Waals surface area contributed by atoms with Gasteiger partial charge >= 0.3 is 0 Å². The Kier molecular flexibility index (Phi) is 6.63. The highest BCUT2D eigenvalue weighted by Gasteiger charge is 2.08. The van der Waals surface area contributed by atoms with Crippen LogP contribution < -0.4 is 9.13 Å². The molecule has 0 aliphatic carbocycles. The number of unbranched alkanes of at least 4 members (excludes halogenated alkanes) is 2. The summed E-state index contributed by atoms with van der Waals surface area (Å²) in [5.41, 5.74) is 2.69. The van der Waals surface area contributed by atoms with Gasteiger partial charge in [-0.25, -0.2) is 18.3 Å². The van der Waals surface area contributed by atoms with Crippen molar-refractivity contribution in [3.05, 3.63) is 85.0 Å². The minimum Gasteiger partial charge on any atom is -0.237 e. The third-order valence-electron chi connectivity index (χ3n) is 5.73. The first-order valence-corrected chi connectivity index (χ1v) is 11.3. The predicted molar refractivity (Wildman–Crippen MR) is 121 cm³/mol. The maximum atomic E-state index is 2.32. The Morgan fingerprint density at radius 1 is 0.667 bits per heavy atom. The quantitative estimate of drug-likeness (QED) is 0.342. The molecule has 4 aromatic rings. The molecule has 2 aromatic carbocycles. The first-order chi connectivity index (χ1) is 14.7. The van der Waals surface area contributed by atoms with Gasteiger partial charge in [-0.3, -0.25) is 0 Å². The lowest BCUT2D eigenvalue weighted by Crippen LogP contribution is -2.31. The second kappa shape index (κ2) is 9.75. The number of imidazole rings is 2. The molecule has 0 radical (unpaired) electrons. The van der Waals surface area contributed by atoms with Crippen molar-refractivity contribution in [3.63, 3.8) is 0 Å². The van der Waals surface area contributed by atoms with E-state index in [1.807, 2.05) is 0 Å². The Morgan fingerprint density at radius 3 is 1.57 bits per heavy atom. The zero-order chi connectivity index (χ0) is 20.8. The monoisotopic (exact) mass is 402 g/mol. The molecule has 0 amide bonds. The van der Waals surface area contributed by atoms with Gasteiger partial charge in [-0.05, 0) is 46.9 Å². The van der Waals surface area contributed by atoms with Crippen LogP contribution in [0, 0.1) is 0 Å². The van der Waals surface area contributed by atoms with Gasteiger partial charge in [-0.1, -0.05) is 51.0 Å². The summed E-state index contributed by atoms with van der Waals surface area (Å²) < 4.78 is 9.10. The van der Waals surface area contributed by atoms with Gasteiger partial charge in [-0.15, -0.1) is 0 Å². The van der Waals surface area contributed by atoms with Crippen LogP contribution in [0.25, 0.3) is 10.8 Å². The van der Waals surface area contributed by atoms with Crippen LogP contribution in [0.5, 0.6) is 0 Å². The van der Waals surface area contributed by atoms with Gasteiger partial charge in [0, 0.05) is 0 Å². The zero-order valence-corrected chi connectivity index (χ0v) is 18.4. The van der Waals surface area contributed by atoms with E-state index in [1.54, 1.807) is 0 Å². The lowest BCUT2D eigenvalue weighted by molar-refractivity contribution is -0.688. The van der Waals surface area contributed by atoms with E-state index < -0.39 is 0 Å². The average Bonchev–Trinajstić information content (AvgIpc) is 3.40. The Bertz CT molecular complexity index is 1000. The fourth-order valence-electron chi connectivity index (χ4n) is 3.97. The van der Waals surface area contributed by atoms with E-state index in [4.69, 9.17) is 0 Å². The number of aromatic nitrogens is 4. The maximum Gasteiger partial charge on any atom is 0.244 e. The molecule has 30 heavy (non-hydrogen) atoms. The summed E-state index contributed by atoms with van der Waals surface area (Å²) in [5.74, 6) is 0. The normalized spacial score (nSPS) is 11.4. The fourth-order valence-corrected chi connectivity index (χ4v) is 3.97. The largest absolute Gasteiger partial charge is 0.244 e. The van der Waals surface area contributed by atoms with Gasteiger partial charge in [0.15, 0.2) is 0 Å². The highest BCUT2D eigenvalue weighted by molar-refractivity contribution is 5.83. The molecule has 4 rings (SSSR count). The van der Waals surface area contributed by atoms with E-state index in [9.17, 15) is 0 Å². The van der Waals surface area contributed by atoms with Gasteiger partial charge in [0.05, 0.1) is 13.1 Å². The molecule has 0 bridgehead atoms. The highest BCUT2D eigenvalue weighted by atomic mass is 15.1. The molecule has 4 heteroatoms. The lowest BCUT2D eigenvalue weighted by atomic mass is 10.0. The zero-order valence-electron chi connectivity index (χ0n) is 18.4. The molecular weight excluding hydrogens is 368 g/mol. The second-order valence-corrected chi connectivity index (χ2v) is 8.37. The number of fused-ring (bicyclic) bond motifs is 1. The highest BCUT2D eigenvalue weighted by Crippen LogP contribution is 2.18. The van der Waals surface area contributed by atoms with Crippen LogP contribution in [0.3, 0.4) is 0 Å². The molecule has 4 nitrogen and oxygen atoms in total. The van der Waals surface area contributed by atoms with Gasteiger partial charge < -0.3 is 0 Å². The van der Waals surface area contributed by atoms with E-state index >= 15 is 0 Å². The van der Waals surface area contributed by atoms with Crippen molar-refractivity contribution in [2.24, 2.45) is 0 Å². The molecule has 0 saturated carbocycles. The molecule has 0 N–H and O–H groups in total. The van der Waals surface area contributed by atoms with Crippen molar-refractivity contribution in [3.8, 4) is 0 Å². The minimum atomic E-state index is 0.915. The molecule has 0 aliphatic heterocycles. The van der Waals surface area contributed by atoms with E-state index in [2.05, 4.69) is 106 Å². The molecule has 0 fully saturated rings. The van der Waals surface area contributed by atoms with Gasteiger partial charge in [-0.2, -0.15) is 0 Å². The number of hydrogen-bond donors (Lipinski definition) is 0. The average molecular weight is 403 g/mol. The first kappa shape index (κ1) is 20.4. The third kappa shape index (κ3) is 5.18. The van der Waals surface area contributed by atoms with Crippen LogP contribution in [0.1, 0.15) is 50.7 Å². The van der Waals surface area contributed by atoms with Crippen molar-refractivity contribution >= 4 is 10.8 Å². The van der Waals surface area contributed by atoms with Crippen molar-refractivity contribution < 1.29 is 9.13 Å². The molecule has 0 atom stereocenters. The molecule has 2 heterocycles. The Labute approximate surface area is 180 Å². The summed E-state index contributed by atoms with van der Waals surface area (Å²) in [5, 5.41) is 2.63. The summed E-state index contributed by atoms with van der Waals surface area (Å²) in [6.07, 6.45) is 18.1. The number of nitrogens with zero attached hydrogens (tertiary/aromatic N) is 4. The van der Waals surface area contributed by atoms with Crippen molar-refractivity contribution in [1.82, 2.24) is 9.13 Å². The van der Waals surface area contributed by atoms with Crippen LogP contribution in [-0.4, -0.2) is 9.13 Å². The summed E-state index contributed by atoms with van der Waals surface area (Å²) in [4.78, 5) is 0. The summed E-state index contributed by atoms with van der Waals surface area (Å²) in [6.45, 7) is 8.50. The second-order valence-electron chi connectivity index (χ2n) is 8.37. The number of benzene rings is 2. The van der Waals surface area contributed by atoms with Crippen LogP contribution in [-0.2, 0) is 26.2 Å². The molecule has 2 aromatic heterocycles. The minimum absolute atomic E-state index is 0.915. The SMILES string of the molecule is CCCCn1cc[n+](Cc2ccc3cc(C[n+]4ccn(CCCC)c4)ccc3c2)c1. The van der Waals surface area contributed by atoms with Gasteiger partial charge in [0.25, 0.3) is 0 Å². The number of aryl methyl sites for hydroxylation is 2. The Balaban J connectivity index is 1.43. The third-order valence-corrected chi connectivity index (χ3v) is 5.73. The van der Waals surface area contributed by atoms with Crippen LogP contribution in [0.4, 0.5) is 0 Å². The van der Waals surface area contributed by atoms with Crippen LogP contribution in [0.2, 0.25) is 0 Å². The Morgan fingerprint density at radius 2 is 1.13 bits per heavy atom. The fraction of sp³-hybridized carbons (Fsp3) is 0.385. The molecule has 0 aliphatic rings. The molecule has 0 spiro atoms. The molecule has 0 unspecified atom stereocenters. The van der Waals surface area contributed by atoms with Crippen LogP contribution in [0.15, 0.2) is 73.8 Å². The Hall–Kier alpha value is -2.88. The van der Waals surface area contributed by atoms with Gasteiger partial charge in [0.2, 0.25) is 12.7 Å². The molecule has 156 valence electrons. The van der Waals surface area contributed by atoms with Crippen molar-refractivity contribution in [1.29, 1.82) is 0 Å². The van der Waals surface area contributed by atoms with E-state index in [1.165, 1.54) is 47.6 Å². The summed E-state index contributed by atoms with van der Waals surface area (Å²) in [6, 6.07) is 13.7. The van der Waals surface area contributed by atoms with Crippen LogP contribution >= 0.6 is 0 Å². The van der Waals surface area contributed by atoms with E-state index in [0.717, 1.165) is 26.2 Å². The maximum absolute atomic E-state index is 2.32. The topological polar surface area (TPSA) is 17.6 Å². The van der Waals surface area contributed by atoms with Crippen molar-refractivity contribution in [2.45, 2.75) is 65.7 Å². The number of rotatable bonds is 10. The smallest absolute Gasteiger partial charge is 0.237 e. The summed E-state index contributed by atoms with van der Waals surface area (Å²) >= 11 is 0. The summed E-state index contributed by atoms with van der Waals surface area (Å²) in [7, 11) is 0. The standard InChI is InChI=1S/C26H34N4/c1-3-5-11-27-13-15-29(21-27)19-23-7-9-26-18-24(8-10-25(26)17-23)20-30-16-14-28(22-30)12-6-4-2/h7-10,13-18,21-22H,3-6,11-12,19-20H2,1-2H3/q+2. The van der Waals surface area contributed by atoms with Crippen molar-refractivity contribution in [2.75, 3.05) is 0 Å².